The normalized spacial score (nSPS) is 16.7. The van der Waals surface area contributed by atoms with Crippen LogP contribution in [0.2, 0.25) is 0 Å². The van der Waals surface area contributed by atoms with Crippen LogP contribution >= 0.6 is 0 Å². The average molecular weight is 721 g/mol. The number of hydrogen-bond donors (Lipinski definition) is 0. The smallest absolute Gasteiger partial charge is 0.143 e. The van der Waals surface area contributed by atoms with Gasteiger partial charge >= 0.3 is 0 Å². The zero-order chi connectivity index (χ0) is 38.6. The third-order valence-corrected chi connectivity index (χ3v) is 11.8. The van der Waals surface area contributed by atoms with Crippen LogP contribution in [-0.4, -0.2) is 0 Å². The number of hydrogen-bond acceptors (Lipinski definition) is 1. The van der Waals surface area contributed by atoms with E-state index in [1.54, 1.807) is 0 Å². The summed E-state index contributed by atoms with van der Waals surface area (Å²) in [6.45, 7) is 23.2. The third kappa shape index (κ3) is 5.88. The minimum Gasteiger partial charge on any atom is -0.455 e. The number of furan rings is 1. The Morgan fingerprint density at radius 1 is 0.679 bits per heavy atom. The molecule has 0 fully saturated rings. The van der Waals surface area contributed by atoms with E-state index >= 15 is 0 Å². The molecule has 0 spiro atoms. The van der Waals surface area contributed by atoms with E-state index in [2.05, 4.69) is 179 Å². The Kier molecular flexibility index (Phi) is 8.67. The summed E-state index contributed by atoms with van der Waals surface area (Å²) >= 11 is 0. The number of para-hydroxylation sites is 1. The lowest BCUT2D eigenvalue weighted by molar-refractivity contribution is 0.658. The van der Waals surface area contributed by atoms with Crippen molar-refractivity contribution in [3.05, 3.63) is 229 Å². The fourth-order valence-corrected chi connectivity index (χ4v) is 8.77. The van der Waals surface area contributed by atoms with Gasteiger partial charge in [0.25, 0.3) is 0 Å². The van der Waals surface area contributed by atoms with E-state index in [0.717, 1.165) is 88.9 Å². The first-order valence-electron chi connectivity index (χ1n) is 19.4. The fraction of sp³-hybridized carbons (Fsp3) is 0.0909. The molecule has 9 rings (SSSR count). The number of fused-ring (bicyclic) bond motifs is 8. The predicted molar refractivity (Wildman–Crippen MR) is 242 cm³/mol. The van der Waals surface area contributed by atoms with Crippen LogP contribution in [0.25, 0.3) is 65.8 Å². The highest BCUT2D eigenvalue weighted by Crippen LogP contribution is 2.53. The molecule has 1 unspecified atom stereocenters. The van der Waals surface area contributed by atoms with Crippen molar-refractivity contribution in [2.24, 2.45) is 5.92 Å². The Morgan fingerprint density at radius 3 is 2.05 bits per heavy atom. The van der Waals surface area contributed by atoms with E-state index < -0.39 is 0 Å². The topological polar surface area (TPSA) is 13.1 Å². The van der Waals surface area contributed by atoms with Gasteiger partial charge in [0, 0.05) is 27.5 Å². The number of rotatable bonds is 6. The van der Waals surface area contributed by atoms with Gasteiger partial charge < -0.3 is 4.42 Å². The van der Waals surface area contributed by atoms with Crippen LogP contribution < -0.4 is 0 Å². The van der Waals surface area contributed by atoms with Gasteiger partial charge in [-0.1, -0.05) is 186 Å². The highest BCUT2D eigenvalue weighted by atomic mass is 16.3. The van der Waals surface area contributed by atoms with Crippen molar-refractivity contribution in [1.82, 2.24) is 0 Å². The maximum Gasteiger partial charge on any atom is 0.143 e. The molecule has 1 heterocycles. The molecule has 270 valence electrons. The molecule has 0 saturated carbocycles. The first kappa shape index (κ1) is 35.0. The number of benzene rings is 5. The van der Waals surface area contributed by atoms with Gasteiger partial charge in [-0.25, -0.2) is 0 Å². The lowest BCUT2D eigenvalue weighted by Crippen LogP contribution is -2.15. The van der Waals surface area contributed by atoms with Crippen LogP contribution in [0.15, 0.2) is 206 Å². The molecule has 1 heteroatoms. The van der Waals surface area contributed by atoms with E-state index in [4.69, 9.17) is 17.6 Å². The molecule has 7 aromatic rings. The Labute approximate surface area is 329 Å². The largest absolute Gasteiger partial charge is 0.455 e. The Balaban J connectivity index is 1.14. The SMILES string of the molecule is C=C(/C=C1\C(=C)C(C)(C)c2c1ccc1ccc3c4ccccc4oc3c21)c1ccccccc(C(=C)CC2C=CC(c3ccccc3)=CC2=C)c2ccccc12. The zero-order valence-electron chi connectivity index (χ0n) is 32.1. The summed E-state index contributed by atoms with van der Waals surface area (Å²) in [5.74, 6) is 0.158. The second kappa shape index (κ2) is 13.9. The van der Waals surface area contributed by atoms with Crippen LogP contribution in [0.3, 0.4) is 0 Å². The predicted octanol–water partition coefficient (Wildman–Crippen LogP) is 15.2. The van der Waals surface area contributed by atoms with Crippen molar-refractivity contribution in [1.29, 1.82) is 0 Å². The quantitative estimate of drug-likeness (QED) is 0.167. The minimum absolute atomic E-state index is 0.158. The highest BCUT2D eigenvalue weighted by molar-refractivity contribution is 6.18. The van der Waals surface area contributed by atoms with Crippen LogP contribution in [0, 0.1) is 5.92 Å². The lowest BCUT2D eigenvalue weighted by Gasteiger charge is -2.22. The van der Waals surface area contributed by atoms with Gasteiger partial charge in [-0.3, -0.25) is 0 Å². The fourth-order valence-electron chi connectivity index (χ4n) is 8.77. The molecule has 0 aliphatic heterocycles. The summed E-state index contributed by atoms with van der Waals surface area (Å²) in [6, 6.07) is 49.0. The summed E-state index contributed by atoms with van der Waals surface area (Å²) in [6.07, 6.45) is 9.71. The molecule has 2 aliphatic rings. The monoisotopic (exact) mass is 720 g/mol. The van der Waals surface area contributed by atoms with Gasteiger partial charge in [0.05, 0.1) is 0 Å². The molecule has 6 aromatic carbocycles. The van der Waals surface area contributed by atoms with Gasteiger partial charge in [-0.2, -0.15) is 0 Å². The van der Waals surface area contributed by atoms with Crippen LogP contribution in [-0.2, 0) is 5.41 Å². The molecular weight excluding hydrogens is 677 g/mol. The zero-order valence-corrected chi connectivity index (χ0v) is 32.1. The molecule has 2 aliphatic carbocycles. The van der Waals surface area contributed by atoms with E-state index in [1.807, 2.05) is 12.1 Å². The maximum atomic E-state index is 6.61. The Morgan fingerprint density at radius 2 is 1.30 bits per heavy atom. The van der Waals surface area contributed by atoms with Crippen molar-refractivity contribution in [2.75, 3.05) is 0 Å². The first-order valence-corrected chi connectivity index (χ1v) is 19.4. The standard InChI is InChI=1S/C55H44O/c1-35-32-42(39-18-10-9-11-19-39)27-26-41(35)33-36(2)43-20-12-7-8-13-21-44(46-23-15-14-22-45(43)46)37(3)34-50-38(4)55(5,6)53-48(50)30-28-40-29-31-49-47-24-16-17-25-51(47)56-54(49)52(40)53/h7-32,34,41H,1-4,33H2,5-6H3/b8-7?,12-7?,13-8?,20-12?,21-13?,43-20?,44-21?,45-43?,46-44?,50-34+. The molecule has 1 nitrogen and oxygen atoms in total. The molecule has 1 atom stereocenters. The summed E-state index contributed by atoms with van der Waals surface area (Å²) < 4.78 is 6.61. The third-order valence-electron chi connectivity index (χ3n) is 11.8. The van der Waals surface area contributed by atoms with Gasteiger partial charge in [0.2, 0.25) is 0 Å². The molecule has 0 saturated heterocycles. The van der Waals surface area contributed by atoms with Gasteiger partial charge in [0.15, 0.2) is 0 Å². The maximum absolute atomic E-state index is 6.61. The van der Waals surface area contributed by atoms with Crippen molar-refractivity contribution in [3.8, 4) is 0 Å². The Hall–Kier alpha value is -6.70. The molecule has 0 bridgehead atoms. The summed E-state index contributed by atoms with van der Waals surface area (Å²) in [5.41, 5.74) is 13.7. The van der Waals surface area contributed by atoms with Crippen LogP contribution in [0.1, 0.15) is 48.1 Å². The van der Waals surface area contributed by atoms with E-state index in [1.165, 1.54) is 22.3 Å². The Bertz CT molecular complexity index is 2970. The van der Waals surface area contributed by atoms with E-state index in [9.17, 15) is 0 Å². The molecular formula is C55H44O. The summed E-state index contributed by atoms with van der Waals surface area (Å²) in [7, 11) is 0. The van der Waals surface area contributed by atoms with E-state index in [-0.39, 0.29) is 11.3 Å². The van der Waals surface area contributed by atoms with Crippen LogP contribution in [0.4, 0.5) is 0 Å². The number of allylic oxidation sites excluding steroid dienone is 10. The van der Waals surface area contributed by atoms with Crippen molar-refractivity contribution < 1.29 is 4.42 Å². The lowest BCUT2D eigenvalue weighted by atomic mass is 9.80. The minimum atomic E-state index is -0.330. The molecule has 0 N–H and O–H groups in total. The van der Waals surface area contributed by atoms with E-state index in [0.29, 0.717) is 0 Å². The molecule has 56 heavy (non-hydrogen) atoms. The summed E-state index contributed by atoms with van der Waals surface area (Å²) in [4.78, 5) is 0. The first-order chi connectivity index (χ1) is 27.2. The average Bonchev–Trinajstić information content (AvgIpc) is 3.69. The van der Waals surface area contributed by atoms with Crippen molar-refractivity contribution in [3.63, 3.8) is 0 Å². The van der Waals surface area contributed by atoms with Crippen molar-refractivity contribution in [2.45, 2.75) is 25.7 Å². The van der Waals surface area contributed by atoms with Gasteiger partial charge in [-0.15, -0.1) is 0 Å². The molecule has 1 aromatic heterocycles. The van der Waals surface area contributed by atoms with Gasteiger partial charge in [-0.05, 0) is 102 Å². The second-order valence-corrected chi connectivity index (χ2v) is 15.6. The summed E-state index contributed by atoms with van der Waals surface area (Å²) in [5, 5.41) is 6.82. The van der Waals surface area contributed by atoms with Gasteiger partial charge in [0.1, 0.15) is 11.2 Å². The van der Waals surface area contributed by atoms with Crippen molar-refractivity contribution >= 4 is 65.8 Å². The van der Waals surface area contributed by atoms with Crippen LogP contribution in [0.5, 0.6) is 0 Å². The second-order valence-electron chi connectivity index (χ2n) is 15.6. The molecule has 0 radical (unpaired) electrons. The highest BCUT2D eigenvalue weighted by Gasteiger charge is 2.39. The molecule has 0 amide bonds.